The summed E-state index contributed by atoms with van der Waals surface area (Å²) in [4.78, 5) is 9.94. The molecule has 0 bridgehead atoms. The zero-order valence-electron chi connectivity index (χ0n) is 19.8. The Balaban J connectivity index is 1.52. The molecular formula is C24H41N5O2. The van der Waals surface area contributed by atoms with Gasteiger partial charge in [0.25, 0.3) is 0 Å². The van der Waals surface area contributed by atoms with E-state index in [-0.39, 0.29) is 0 Å². The van der Waals surface area contributed by atoms with E-state index in [2.05, 4.69) is 59.4 Å². The van der Waals surface area contributed by atoms with Gasteiger partial charge in [0.1, 0.15) is 5.75 Å². The molecule has 2 atom stereocenters. The van der Waals surface area contributed by atoms with E-state index in [1.807, 2.05) is 6.07 Å². The number of benzene rings is 1. The van der Waals surface area contributed by atoms with Crippen molar-refractivity contribution in [2.75, 3.05) is 71.0 Å². The normalized spacial score (nSPS) is 21.4. The molecule has 1 aromatic rings. The first kappa shape index (κ1) is 23.7. The lowest BCUT2D eigenvalue weighted by Gasteiger charge is -2.36. The summed E-state index contributed by atoms with van der Waals surface area (Å²) in [6, 6.07) is 8.81. The van der Waals surface area contributed by atoms with Crippen molar-refractivity contribution in [3.63, 3.8) is 0 Å². The average molecular weight is 432 g/mol. The predicted molar refractivity (Wildman–Crippen MR) is 128 cm³/mol. The minimum absolute atomic E-state index is 0.453. The van der Waals surface area contributed by atoms with Gasteiger partial charge in [-0.05, 0) is 37.3 Å². The topological polar surface area (TPSA) is 61.4 Å². The fraction of sp³-hybridized carbons (Fsp3) is 0.708. The van der Waals surface area contributed by atoms with E-state index in [1.54, 1.807) is 7.11 Å². The van der Waals surface area contributed by atoms with Crippen LogP contribution in [-0.4, -0.2) is 83.0 Å². The van der Waals surface area contributed by atoms with E-state index in [4.69, 9.17) is 14.5 Å². The Morgan fingerprint density at radius 2 is 2.03 bits per heavy atom. The van der Waals surface area contributed by atoms with E-state index in [0.29, 0.717) is 17.9 Å². The SMILES string of the molecule is CCNC(=NCC(C(C)C)N1CCOCC1)NCC1CCN(c2cccc(OC)c2)C1. The molecule has 2 unspecified atom stereocenters. The first-order valence-corrected chi connectivity index (χ1v) is 11.8. The fourth-order valence-corrected chi connectivity index (χ4v) is 4.47. The maximum absolute atomic E-state index is 5.53. The summed E-state index contributed by atoms with van der Waals surface area (Å²) in [6.07, 6.45) is 1.19. The van der Waals surface area contributed by atoms with Crippen molar-refractivity contribution >= 4 is 11.6 Å². The van der Waals surface area contributed by atoms with Crippen molar-refractivity contribution in [2.45, 2.75) is 33.2 Å². The lowest BCUT2D eigenvalue weighted by molar-refractivity contribution is 0.00867. The molecule has 2 N–H and O–H groups in total. The summed E-state index contributed by atoms with van der Waals surface area (Å²) in [6.45, 7) is 15.1. The molecular weight excluding hydrogens is 390 g/mol. The zero-order chi connectivity index (χ0) is 22.1. The maximum atomic E-state index is 5.53. The number of nitrogens with zero attached hydrogens (tertiary/aromatic N) is 3. The van der Waals surface area contributed by atoms with Gasteiger partial charge in [-0.25, -0.2) is 0 Å². The first-order valence-electron chi connectivity index (χ1n) is 11.8. The Bertz CT molecular complexity index is 690. The smallest absolute Gasteiger partial charge is 0.191 e. The minimum Gasteiger partial charge on any atom is -0.497 e. The summed E-state index contributed by atoms with van der Waals surface area (Å²) < 4.78 is 10.9. The van der Waals surface area contributed by atoms with Crippen LogP contribution in [0.25, 0.3) is 0 Å². The highest BCUT2D eigenvalue weighted by atomic mass is 16.5. The van der Waals surface area contributed by atoms with Crippen LogP contribution in [0.1, 0.15) is 27.2 Å². The van der Waals surface area contributed by atoms with E-state index < -0.39 is 0 Å². The standard InChI is InChI=1S/C24H41N5O2/c1-5-25-24(27-17-23(19(2)3)28-11-13-31-14-12-28)26-16-20-9-10-29(18-20)21-7-6-8-22(15-21)30-4/h6-8,15,19-20,23H,5,9-14,16-18H2,1-4H3,(H2,25,26,27). The van der Waals surface area contributed by atoms with E-state index in [0.717, 1.165) is 70.7 Å². The summed E-state index contributed by atoms with van der Waals surface area (Å²) in [5, 5.41) is 7.03. The Morgan fingerprint density at radius 3 is 2.74 bits per heavy atom. The third kappa shape index (κ3) is 7.01. The van der Waals surface area contributed by atoms with Crippen LogP contribution in [-0.2, 0) is 4.74 Å². The van der Waals surface area contributed by atoms with Crippen molar-refractivity contribution in [1.82, 2.24) is 15.5 Å². The van der Waals surface area contributed by atoms with Gasteiger partial charge in [0.15, 0.2) is 5.96 Å². The van der Waals surface area contributed by atoms with E-state index in [9.17, 15) is 0 Å². The molecule has 2 heterocycles. The van der Waals surface area contributed by atoms with Crippen LogP contribution >= 0.6 is 0 Å². The maximum Gasteiger partial charge on any atom is 0.191 e. The number of aliphatic imine (C=N–C) groups is 1. The summed E-state index contributed by atoms with van der Waals surface area (Å²) in [5.41, 5.74) is 1.24. The van der Waals surface area contributed by atoms with Gasteiger partial charge in [-0.1, -0.05) is 19.9 Å². The number of morpholine rings is 1. The van der Waals surface area contributed by atoms with Crippen LogP contribution < -0.4 is 20.3 Å². The van der Waals surface area contributed by atoms with Crippen LogP contribution in [0.5, 0.6) is 5.75 Å². The number of hydrogen-bond donors (Lipinski definition) is 2. The van der Waals surface area contributed by atoms with Crippen molar-refractivity contribution in [2.24, 2.45) is 16.8 Å². The number of rotatable bonds is 9. The molecule has 2 aliphatic rings. The van der Waals surface area contributed by atoms with Gasteiger partial charge >= 0.3 is 0 Å². The Labute approximate surface area is 188 Å². The third-order valence-corrected chi connectivity index (χ3v) is 6.33. The Kier molecular flexibility index (Phi) is 9.28. The highest BCUT2D eigenvalue weighted by Gasteiger charge is 2.25. The second-order valence-electron chi connectivity index (χ2n) is 8.86. The molecule has 2 fully saturated rings. The van der Waals surface area contributed by atoms with Crippen molar-refractivity contribution in [3.8, 4) is 5.75 Å². The monoisotopic (exact) mass is 431 g/mol. The second-order valence-corrected chi connectivity index (χ2v) is 8.86. The highest BCUT2D eigenvalue weighted by Crippen LogP contribution is 2.26. The molecule has 0 spiro atoms. The number of nitrogens with one attached hydrogen (secondary N) is 2. The molecule has 0 aliphatic carbocycles. The third-order valence-electron chi connectivity index (χ3n) is 6.33. The second kappa shape index (κ2) is 12.2. The van der Waals surface area contributed by atoms with Crippen molar-refractivity contribution in [1.29, 1.82) is 0 Å². The van der Waals surface area contributed by atoms with Crippen LogP contribution in [0.15, 0.2) is 29.3 Å². The van der Waals surface area contributed by atoms with Crippen LogP contribution in [0.3, 0.4) is 0 Å². The highest BCUT2D eigenvalue weighted by molar-refractivity contribution is 5.79. The summed E-state index contributed by atoms with van der Waals surface area (Å²) >= 11 is 0. The molecule has 7 heteroatoms. The molecule has 0 aromatic heterocycles. The lowest BCUT2D eigenvalue weighted by Crippen LogP contribution is -2.48. The lowest BCUT2D eigenvalue weighted by atomic mass is 10.0. The number of hydrogen-bond acceptors (Lipinski definition) is 5. The first-order chi connectivity index (χ1) is 15.1. The zero-order valence-corrected chi connectivity index (χ0v) is 19.8. The predicted octanol–water partition coefficient (Wildman–Crippen LogP) is 2.43. The average Bonchev–Trinajstić information content (AvgIpc) is 3.27. The van der Waals surface area contributed by atoms with Gasteiger partial charge in [-0.15, -0.1) is 0 Å². The number of methoxy groups -OCH3 is 1. The molecule has 0 amide bonds. The van der Waals surface area contributed by atoms with Crippen LogP contribution in [0.2, 0.25) is 0 Å². The Morgan fingerprint density at radius 1 is 1.23 bits per heavy atom. The van der Waals surface area contributed by atoms with Crippen LogP contribution in [0, 0.1) is 11.8 Å². The fourth-order valence-electron chi connectivity index (χ4n) is 4.47. The summed E-state index contributed by atoms with van der Waals surface area (Å²) in [7, 11) is 1.72. The minimum atomic E-state index is 0.453. The molecule has 31 heavy (non-hydrogen) atoms. The molecule has 2 aliphatic heterocycles. The van der Waals surface area contributed by atoms with E-state index >= 15 is 0 Å². The van der Waals surface area contributed by atoms with Gasteiger partial charge in [0.2, 0.25) is 0 Å². The number of ether oxygens (including phenoxy) is 2. The molecule has 7 nitrogen and oxygen atoms in total. The van der Waals surface area contributed by atoms with Gasteiger partial charge < -0.3 is 25.0 Å². The van der Waals surface area contributed by atoms with Crippen LogP contribution in [0.4, 0.5) is 5.69 Å². The van der Waals surface area contributed by atoms with Crippen molar-refractivity contribution < 1.29 is 9.47 Å². The number of anilines is 1. The van der Waals surface area contributed by atoms with Gasteiger partial charge in [0.05, 0.1) is 26.9 Å². The quantitative estimate of drug-likeness (QED) is 0.463. The molecule has 0 saturated carbocycles. The molecule has 0 radical (unpaired) electrons. The largest absolute Gasteiger partial charge is 0.497 e. The van der Waals surface area contributed by atoms with Gasteiger partial charge in [-0.3, -0.25) is 9.89 Å². The molecule has 2 saturated heterocycles. The summed E-state index contributed by atoms with van der Waals surface area (Å²) in [5.74, 6) is 3.02. The number of guanidine groups is 1. The van der Waals surface area contributed by atoms with Gasteiger partial charge in [0, 0.05) is 57.1 Å². The molecule has 174 valence electrons. The Hall–Kier alpha value is -1.99. The van der Waals surface area contributed by atoms with Gasteiger partial charge in [-0.2, -0.15) is 0 Å². The van der Waals surface area contributed by atoms with Crippen molar-refractivity contribution in [3.05, 3.63) is 24.3 Å². The molecule has 1 aromatic carbocycles. The van der Waals surface area contributed by atoms with E-state index in [1.165, 1.54) is 12.1 Å². The molecule has 3 rings (SSSR count).